The van der Waals surface area contributed by atoms with Gasteiger partial charge in [0.05, 0.1) is 12.0 Å². The first-order valence-corrected chi connectivity index (χ1v) is 13.5. The first kappa shape index (κ1) is 22.8. The van der Waals surface area contributed by atoms with Crippen LogP contribution in [0.1, 0.15) is 69.2 Å². The lowest BCUT2D eigenvalue weighted by molar-refractivity contribution is -0.160. The molecule has 35 heavy (non-hydrogen) atoms. The number of nitrogens with zero attached hydrogens (tertiary/aromatic N) is 3. The molecule has 2 amide bonds. The van der Waals surface area contributed by atoms with Crippen LogP contribution in [0.2, 0.25) is 0 Å². The van der Waals surface area contributed by atoms with E-state index in [1.54, 1.807) is 17.0 Å². The fraction of sp³-hybridized carbons (Fsp3) is 0.586. The minimum atomic E-state index is -0.481. The van der Waals surface area contributed by atoms with Crippen LogP contribution in [0.5, 0.6) is 0 Å². The van der Waals surface area contributed by atoms with Gasteiger partial charge in [0.1, 0.15) is 11.9 Å². The summed E-state index contributed by atoms with van der Waals surface area (Å²) in [6.45, 7) is 3.93. The Bertz CT molecular complexity index is 1090. The lowest BCUT2D eigenvalue weighted by Gasteiger charge is -2.56. The molecule has 4 bridgehead atoms. The summed E-state index contributed by atoms with van der Waals surface area (Å²) in [6.07, 6.45) is 9.69. The quantitative estimate of drug-likeness (QED) is 0.587. The molecule has 4 saturated carbocycles. The SMILES string of the molecule is CCCN(CC(=O)N1CCn2cccc2C1c1ccccc1F)C(=O)C12CC3CC(CC(C3)C1)C2. The van der Waals surface area contributed by atoms with E-state index in [1.807, 2.05) is 29.3 Å². The molecule has 7 rings (SSSR count). The molecule has 1 aromatic heterocycles. The van der Waals surface area contributed by atoms with Gasteiger partial charge in [-0.1, -0.05) is 25.1 Å². The first-order valence-electron chi connectivity index (χ1n) is 13.5. The van der Waals surface area contributed by atoms with Gasteiger partial charge < -0.3 is 14.4 Å². The molecule has 5 nitrogen and oxygen atoms in total. The van der Waals surface area contributed by atoms with Crippen molar-refractivity contribution in [1.82, 2.24) is 14.4 Å². The smallest absolute Gasteiger partial charge is 0.243 e. The van der Waals surface area contributed by atoms with Crippen LogP contribution in [0.15, 0.2) is 42.6 Å². The summed E-state index contributed by atoms with van der Waals surface area (Å²) >= 11 is 0. The Balaban J connectivity index is 1.27. The van der Waals surface area contributed by atoms with E-state index in [9.17, 15) is 14.0 Å². The maximum atomic E-state index is 14.9. The molecular weight excluding hydrogens is 441 g/mol. The van der Waals surface area contributed by atoms with Gasteiger partial charge in [-0.3, -0.25) is 9.59 Å². The Morgan fingerprint density at radius 1 is 1.00 bits per heavy atom. The minimum absolute atomic E-state index is 0.0834. The third kappa shape index (κ3) is 3.89. The number of rotatable bonds is 6. The highest BCUT2D eigenvalue weighted by Gasteiger charge is 2.55. The molecule has 2 aromatic rings. The predicted octanol–water partition coefficient (Wildman–Crippen LogP) is 5.01. The summed E-state index contributed by atoms with van der Waals surface area (Å²) in [5.41, 5.74) is 1.17. The van der Waals surface area contributed by atoms with Crippen LogP contribution < -0.4 is 0 Å². The van der Waals surface area contributed by atoms with Crippen LogP contribution in [-0.4, -0.2) is 45.8 Å². The molecule has 0 N–H and O–H groups in total. The van der Waals surface area contributed by atoms with Crippen molar-refractivity contribution in [3.8, 4) is 0 Å². The Morgan fingerprint density at radius 2 is 1.69 bits per heavy atom. The molecule has 186 valence electrons. The zero-order valence-electron chi connectivity index (χ0n) is 20.7. The molecule has 0 spiro atoms. The highest BCUT2D eigenvalue weighted by Crippen LogP contribution is 2.60. The lowest BCUT2D eigenvalue weighted by atomic mass is 9.49. The van der Waals surface area contributed by atoms with Crippen molar-refractivity contribution in [3.63, 3.8) is 0 Å². The number of carbonyl (C=O) groups is 2. The van der Waals surface area contributed by atoms with E-state index < -0.39 is 6.04 Å². The van der Waals surface area contributed by atoms with Crippen LogP contribution in [0, 0.1) is 29.0 Å². The van der Waals surface area contributed by atoms with Crippen LogP contribution >= 0.6 is 0 Å². The second-order valence-corrected chi connectivity index (χ2v) is 11.6. The zero-order valence-corrected chi connectivity index (χ0v) is 20.7. The lowest BCUT2D eigenvalue weighted by Crippen LogP contribution is -2.56. The maximum absolute atomic E-state index is 14.9. The second kappa shape index (κ2) is 8.79. The van der Waals surface area contributed by atoms with Gasteiger partial charge in [-0.05, 0) is 80.9 Å². The Hall–Kier alpha value is -2.63. The van der Waals surface area contributed by atoms with Crippen LogP contribution in [0.3, 0.4) is 0 Å². The Morgan fingerprint density at radius 3 is 2.34 bits per heavy atom. The van der Waals surface area contributed by atoms with Crippen LogP contribution in [0.4, 0.5) is 4.39 Å². The zero-order chi connectivity index (χ0) is 24.2. The molecule has 0 radical (unpaired) electrons. The number of benzene rings is 1. The van der Waals surface area contributed by atoms with E-state index >= 15 is 0 Å². The molecule has 0 saturated heterocycles. The van der Waals surface area contributed by atoms with E-state index in [0.717, 1.165) is 31.4 Å². The second-order valence-electron chi connectivity index (χ2n) is 11.6. The van der Waals surface area contributed by atoms with Crippen molar-refractivity contribution < 1.29 is 14.0 Å². The summed E-state index contributed by atoms with van der Waals surface area (Å²) < 4.78 is 17.0. The minimum Gasteiger partial charge on any atom is -0.348 e. The molecule has 2 heterocycles. The number of carbonyl (C=O) groups excluding carboxylic acids is 2. The fourth-order valence-electron chi connectivity index (χ4n) is 8.16. The van der Waals surface area contributed by atoms with Gasteiger partial charge in [0, 0.05) is 37.1 Å². The molecule has 4 fully saturated rings. The van der Waals surface area contributed by atoms with Gasteiger partial charge >= 0.3 is 0 Å². The summed E-state index contributed by atoms with van der Waals surface area (Å²) in [4.78, 5) is 31.5. The van der Waals surface area contributed by atoms with Gasteiger partial charge in [-0.25, -0.2) is 4.39 Å². The number of fused-ring (bicyclic) bond motifs is 1. The summed E-state index contributed by atoms with van der Waals surface area (Å²) in [5, 5.41) is 0. The molecule has 1 aliphatic heterocycles. The molecule has 1 atom stereocenters. The molecule has 1 aromatic carbocycles. The Kier molecular flexibility index (Phi) is 5.73. The van der Waals surface area contributed by atoms with E-state index in [2.05, 4.69) is 11.5 Å². The third-order valence-corrected chi connectivity index (χ3v) is 9.16. The third-order valence-electron chi connectivity index (χ3n) is 9.16. The molecule has 6 heteroatoms. The predicted molar refractivity (Wildman–Crippen MR) is 132 cm³/mol. The molecule has 1 unspecified atom stereocenters. The normalized spacial score (nSPS) is 30.9. The van der Waals surface area contributed by atoms with Gasteiger partial charge in [0.25, 0.3) is 0 Å². The van der Waals surface area contributed by atoms with Crippen molar-refractivity contribution in [2.24, 2.45) is 23.2 Å². The van der Waals surface area contributed by atoms with Crippen molar-refractivity contribution in [2.45, 2.75) is 64.5 Å². The first-order chi connectivity index (χ1) is 17.0. The van der Waals surface area contributed by atoms with E-state index in [4.69, 9.17) is 0 Å². The van der Waals surface area contributed by atoms with Crippen molar-refractivity contribution in [3.05, 3.63) is 59.7 Å². The van der Waals surface area contributed by atoms with Gasteiger partial charge in [-0.15, -0.1) is 0 Å². The number of hydrogen-bond donors (Lipinski definition) is 0. The molecular formula is C29H36FN3O2. The van der Waals surface area contributed by atoms with E-state index in [0.29, 0.717) is 43.0 Å². The van der Waals surface area contributed by atoms with Gasteiger partial charge in [0.15, 0.2) is 0 Å². The highest BCUT2D eigenvalue weighted by atomic mass is 19.1. The van der Waals surface area contributed by atoms with Crippen molar-refractivity contribution in [1.29, 1.82) is 0 Å². The largest absolute Gasteiger partial charge is 0.348 e. The Labute approximate surface area is 207 Å². The average Bonchev–Trinajstić information content (AvgIpc) is 3.31. The molecule has 4 aliphatic carbocycles. The maximum Gasteiger partial charge on any atom is 0.243 e. The molecule has 5 aliphatic rings. The van der Waals surface area contributed by atoms with Crippen molar-refractivity contribution in [2.75, 3.05) is 19.6 Å². The summed E-state index contributed by atoms with van der Waals surface area (Å²) in [5.74, 6) is 1.87. The standard InChI is InChI=1S/C29H36FN3O2/c1-2-9-32(28(35)29-16-20-13-21(17-29)15-22(14-20)18-29)19-26(34)33-12-11-31-10-5-8-25(31)27(33)23-6-3-4-7-24(23)30/h3-8,10,20-22,27H,2,9,11-19H2,1H3. The number of halogens is 1. The number of hydrogen-bond acceptors (Lipinski definition) is 2. The number of amides is 2. The monoisotopic (exact) mass is 477 g/mol. The van der Waals surface area contributed by atoms with E-state index in [1.165, 1.54) is 25.3 Å². The highest BCUT2D eigenvalue weighted by molar-refractivity contribution is 5.88. The van der Waals surface area contributed by atoms with E-state index in [-0.39, 0.29) is 29.6 Å². The van der Waals surface area contributed by atoms with Gasteiger partial charge in [0.2, 0.25) is 11.8 Å². The van der Waals surface area contributed by atoms with Gasteiger partial charge in [-0.2, -0.15) is 0 Å². The van der Waals surface area contributed by atoms with Crippen LogP contribution in [0.25, 0.3) is 0 Å². The topological polar surface area (TPSA) is 45.6 Å². The fourth-order valence-corrected chi connectivity index (χ4v) is 8.16. The summed E-state index contributed by atoms with van der Waals surface area (Å²) in [7, 11) is 0. The number of aromatic nitrogens is 1. The average molecular weight is 478 g/mol. The van der Waals surface area contributed by atoms with Crippen LogP contribution in [-0.2, 0) is 16.1 Å². The summed E-state index contributed by atoms with van der Waals surface area (Å²) in [6, 6.07) is 10.2. The van der Waals surface area contributed by atoms with Crippen molar-refractivity contribution >= 4 is 11.8 Å².